The molecule has 15 heavy (non-hydrogen) atoms. The zero-order valence-electron chi connectivity index (χ0n) is 9.16. The smallest absolute Gasteiger partial charge is 0.0594 e. The van der Waals surface area contributed by atoms with E-state index in [4.69, 9.17) is 4.74 Å². The van der Waals surface area contributed by atoms with Crippen LogP contribution in [0.2, 0.25) is 0 Å². The molecule has 0 aliphatic carbocycles. The summed E-state index contributed by atoms with van der Waals surface area (Å²) in [7, 11) is 1.99. The van der Waals surface area contributed by atoms with Gasteiger partial charge in [-0.3, -0.25) is 4.90 Å². The summed E-state index contributed by atoms with van der Waals surface area (Å²) in [6, 6.07) is 2.30. The minimum Gasteiger partial charge on any atom is -0.379 e. The van der Waals surface area contributed by atoms with Crippen LogP contribution in [0.5, 0.6) is 0 Å². The predicted octanol–water partition coefficient (Wildman–Crippen LogP) is 1.30. The van der Waals surface area contributed by atoms with Crippen LogP contribution in [-0.4, -0.2) is 38.3 Å². The number of ether oxygens (including phenoxy) is 1. The summed E-state index contributed by atoms with van der Waals surface area (Å²) < 4.78 is 5.33. The van der Waals surface area contributed by atoms with Crippen molar-refractivity contribution < 1.29 is 4.74 Å². The Balaban J connectivity index is 1.86. The van der Waals surface area contributed by atoms with Crippen molar-refractivity contribution in [3.05, 3.63) is 21.9 Å². The molecule has 0 aromatic carbocycles. The molecule has 1 aromatic rings. The average Bonchev–Trinajstić information content (AvgIpc) is 2.68. The van der Waals surface area contributed by atoms with E-state index in [9.17, 15) is 0 Å². The molecule has 2 heterocycles. The normalized spacial score (nSPS) is 18.2. The zero-order valence-corrected chi connectivity index (χ0v) is 9.98. The Hall–Kier alpha value is -0.420. The Morgan fingerprint density at radius 2 is 2.27 bits per heavy atom. The molecule has 0 spiro atoms. The highest BCUT2D eigenvalue weighted by Gasteiger charge is 2.11. The molecule has 1 aliphatic heterocycles. The van der Waals surface area contributed by atoms with Gasteiger partial charge in [0.15, 0.2) is 0 Å². The van der Waals surface area contributed by atoms with Gasteiger partial charge in [-0.05, 0) is 24.1 Å². The Kier molecular flexibility index (Phi) is 4.14. The average molecular weight is 226 g/mol. The summed E-state index contributed by atoms with van der Waals surface area (Å²) >= 11 is 1.86. The number of rotatable bonds is 4. The number of thiophene rings is 1. The van der Waals surface area contributed by atoms with Crippen molar-refractivity contribution in [1.82, 2.24) is 10.2 Å². The largest absolute Gasteiger partial charge is 0.379 e. The number of nitrogens with one attached hydrogen (secondary N) is 1. The highest BCUT2D eigenvalue weighted by molar-refractivity contribution is 7.10. The fraction of sp³-hybridized carbons (Fsp3) is 0.636. The van der Waals surface area contributed by atoms with Gasteiger partial charge in [0.05, 0.1) is 13.2 Å². The maximum absolute atomic E-state index is 5.33. The fourth-order valence-corrected chi connectivity index (χ4v) is 2.72. The van der Waals surface area contributed by atoms with Crippen molar-refractivity contribution in [1.29, 1.82) is 0 Å². The monoisotopic (exact) mass is 226 g/mol. The first-order chi connectivity index (χ1) is 7.38. The lowest BCUT2D eigenvalue weighted by molar-refractivity contribution is 0.0346. The molecule has 1 saturated heterocycles. The van der Waals surface area contributed by atoms with Crippen LogP contribution >= 0.6 is 11.3 Å². The molecule has 2 rings (SSSR count). The predicted molar refractivity (Wildman–Crippen MR) is 63.2 cm³/mol. The molecule has 1 aromatic heterocycles. The summed E-state index contributed by atoms with van der Waals surface area (Å²) in [5, 5.41) is 5.42. The lowest BCUT2D eigenvalue weighted by Gasteiger charge is -2.25. The second-order valence-electron chi connectivity index (χ2n) is 3.84. The zero-order chi connectivity index (χ0) is 10.5. The highest BCUT2D eigenvalue weighted by atomic mass is 32.1. The SMILES string of the molecule is CNCc1csc(CN2CCOCC2)c1. The van der Waals surface area contributed by atoms with Gasteiger partial charge in [0.1, 0.15) is 0 Å². The lowest BCUT2D eigenvalue weighted by Crippen LogP contribution is -2.35. The van der Waals surface area contributed by atoms with E-state index in [0.29, 0.717) is 0 Å². The van der Waals surface area contributed by atoms with E-state index in [-0.39, 0.29) is 0 Å². The maximum atomic E-state index is 5.33. The Bertz CT molecular complexity index is 295. The van der Waals surface area contributed by atoms with Crippen LogP contribution in [0, 0.1) is 0 Å². The summed E-state index contributed by atoms with van der Waals surface area (Å²) in [6.07, 6.45) is 0. The molecular weight excluding hydrogens is 208 g/mol. The third kappa shape index (κ3) is 3.28. The Morgan fingerprint density at radius 3 is 3.00 bits per heavy atom. The van der Waals surface area contributed by atoms with E-state index in [1.54, 1.807) is 0 Å². The molecule has 1 aliphatic rings. The summed E-state index contributed by atoms with van der Waals surface area (Å²) in [6.45, 7) is 5.96. The Labute approximate surface area is 95.0 Å². The quantitative estimate of drug-likeness (QED) is 0.837. The third-order valence-electron chi connectivity index (χ3n) is 2.57. The van der Waals surface area contributed by atoms with Gasteiger partial charge in [-0.2, -0.15) is 0 Å². The molecule has 1 fully saturated rings. The van der Waals surface area contributed by atoms with Gasteiger partial charge < -0.3 is 10.1 Å². The number of morpholine rings is 1. The molecule has 0 unspecified atom stereocenters. The summed E-state index contributed by atoms with van der Waals surface area (Å²) in [5.74, 6) is 0. The van der Waals surface area contributed by atoms with Crippen LogP contribution in [0.3, 0.4) is 0 Å². The van der Waals surface area contributed by atoms with Gasteiger partial charge in [-0.25, -0.2) is 0 Å². The van der Waals surface area contributed by atoms with E-state index < -0.39 is 0 Å². The van der Waals surface area contributed by atoms with E-state index in [1.165, 1.54) is 10.4 Å². The third-order valence-corrected chi connectivity index (χ3v) is 3.54. The summed E-state index contributed by atoms with van der Waals surface area (Å²) in [5.41, 5.74) is 1.39. The summed E-state index contributed by atoms with van der Waals surface area (Å²) in [4.78, 5) is 3.92. The molecular formula is C11H18N2OS. The molecule has 84 valence electrons. The van der Waals surface area contributed by atoms with Gasteiger partial charge in [0, 0.05) is 31.1 Å². The van der Waals surface area contributed by atoms with Crippen LogP contribution in [0.4, 0.5) is 0 Å². The standard InChI is InChI=1S/C11H18N2OS/c1-12-7-10-6-11(15-9-10)8-13-2-4-14-5-3-13/h6,9,12H,2-5,7-8H2,1H3. The molecule has 1 N–H and O–H groups in total. The number of hydrogen-bond acceptors (Lipinski definition) is 4. The van der Waals surface area contributed by atoms with E-state index in [1.807, 2.05) is 18.4 Å². The van der Waals surface area contributed by atoms with Gasteiger partial charge >= 0.3 is 0 Å². The maximum Gasteiger partial charge on any atom is 0.0594 e. The van der Waals surface area contributed by atoms with Crippen LogP contribution in [-0.2, 0) is 17.8 Å². The van der Waals surface area contributed by atoms with Gasteiger partial charge in [0.2, 0.25) is 0 Å². The van der Waals surface area contributed by atoms with Crippen LogP contribution in [0.15, 0.2) is 11.4 Å². The molecule has 3 nitrogen and oxygen atoms in total. The minimum atomic E-state index is 0.884. The first kappa shape index (κ1) is 11.1. The molecule has 0 atom stereocenters. The van der Waals surface area contributed by atoms with Crippen molar-refractivity contribution in [2.45, 2.75) is 13.1 Å². The van der Waals surface area contributed by atoms with Crippen LogP contribution in [0.1, 0.15) is 10.4 Å². The molecule has 0 radical (unpaired) electrons. The van der Waals surface area contributed by atoms with Gasteiger partial charge in [-0.1, -0.05) is 0 Å². The van der Waals surface area contributed by atoms with Crippen molar-refractivity contribution in [2.24, 2.45) is 0 Å². The van der Waals surface area contributed by atoms with Gasteiger partial charge in [0.25, 0.3) is 0 Å². The van der Waals surface area contributed by atoms with E-state index >= 15 is 0 Å². The number of hydrogen-bond donors (Lipinski definition) is 1. The second-order valence-corrected chi connectivity index (χ2v) is 4.84. The highest BCUT2D eigenvalue weighted by Crippen LogP contribution is 2.17. The van der Waals surface area contributed by atoms with Gasteiger partial charge in [-0.15, -0.1) is 11.3 Å². The minimum absolute atomic E-state index is 0.884. The molecule has 0 bridgehead atoms. The van der Waals surface area contributed by atoms with E-state index in [2.05, 4.69) is 21.7 Å². The van der Waals surface area contributed by atoms with E-state index in [0.717, 1.165) is 39.4 Å². The van der Waals surface area contributed by atoms with Crippen molar-refractivity contribution in [3.8, 4) is 0 Å². The van der Waals surface area contributed by atoms with Crippen molar-refractivity contribution in [2.75, 3.05) is 33.4 Å². The van der Waals surface area contributed by atoms with Crippen molar-refractivity contribution in [3.63, 3.8) is 0 Å². The first-order valence-corrected chi connectivity index (χ1v) is 6.27. The fourth-order valence-electron chi connectivity index (χ4n) is 1.79. The van der Waals surface area contributed by atoms with Crippen LogP contribution in [0.25, 0.3) is 0 Å². The molecule has 0 saturated carbocycles. The molecule has 0 amide bonds. The number of nitrogens with zero attached hydrogens (tertiary/aromatic N) is 1. The first-order valence-electron chi connectivity index (χ1n) is 5.39. The lowest BCUT2D eigenvalue weighted by atomic mass is 10.3. The second kappa shape index (κ2) is 5.61. The molecule has 4 heteroatoms. The topological polar surface area (TPSA) is 24.5 Å². The van der Waals surface area contributed by atoms with Crippen LogP contribution < -0.4 is 5.32 Å². The van der Waals surface area contributed by atoms with Crippen molar-refractivity contribution >= 4 is 11.3 Å². The Morgan fingerprint density at radius 1 is 1.47 bits per heavy atom.